The lowest BCUT2D eigenvalue weighted by molar-refractivity contribution is -0.119. The largest absolute Gasteiger partial charge is 0.452 e. The van der Waals surface area contributed by atoms with Crippen molar-refractivity contribution in [3.8, 4) is 10.6 Å². The molecular formula is C26H24N4O4S. The maximum Gasteiger partial charge on any atom is 0.342 e. The first-order valence-electron chi connectivity index (χ1n) is 10.8. The van der Waals surface area contributed by atoms with E-state index in [1.807, 2.05) is 47.8 Å². The lowest BCUT2D eigenvalue weighted by atomic mass is 10.2. The zero-order valence-electron chi connectivity index (χ0n) is 19.3. The first-order valence-corrected chi connectivity index (χ1v) is 11.7. The van der Waals surface area contributed by atoms with Gasteiger partial charge in [0, 0.05) is 31.5 Å². The number of benzene rings is 2. The number of carbonyl (C=O) groups is 3. The fourth-order valence-electron chi connectivity index (χ4n) is 3.38. The van der Waals surface area contributed by atoms with Crippen molar-refractivity contribution < 1.29 is 19.1 Å². The molecule has 0 saturated heterocycles. The molecular weight excluding hydrogens is 464 g/mol. The molecule has 0 atom stereocenters. The highest BCUT2D eigenvalue weighted by molar-refractivity contribution is 7.13. The Morgan fingerprint density at radius 1 is 1.00 bits per heavy atom. The van der Waals surface area contributed by atoms with Crippen molar-refractivity contribution in [2.24, 2.45) is 0 Å². The molecule has 0 fully saturated rings. The van der Waals surface area contributed by atoms with Crippen molar-refractivity contribution in [3.63, 3.8) is 0 Å². The second kappa shape index (κ2) is 10.8. The maximum absolute atomic E-state index is 12.9. The van der Waals surface area contributed by atoms with E-state index in [1.54, 1.807) is 49.2 Å². The van der Waals surface area contributed by atoms with Crippen LogP contribution in [0.4, 0.5) is 5.69 Å². The Labute approximate surface area is 206 Å². The number of amides is 2. The predicted molar refractivity (Wildman–Crippen MR) is 134 cm³/mol. The zero-order chi connectivity index (χ0) is 24.8. The minimum Gasteiger partial charge on any atom is -0.452 e. The van der Waals surface area contributed by atoms with Crippen molar-refractivity contribution >= 4 is 34.8 Å². The number of aromatic nitrogens is 2. The van der Waals surface area contributed by atoms with Crippen LogP contribution in [0.5, 0.6) is 0 Å². The predicted octanol–water partition coefficient (Wildman–Crippen LogP) is 4.16. The normalized spacial score (nSPS) is 10.6. The van der Waals surface area contributed by atoms with E-state index in [1.165, 1.54) is 16.2 Å². The van der Waals surface area contributed by atoms with Gasteiger partial charge in [0.1, 0.15) is 11.3 Å². The van der Waals surface area contributed by atoms with Gasteiger partial charge in [-0.1, -0.05) is 36.4 Å². The van der Waals surface area contributed by atoms with E-state index in [2.05, 4.69) is 10.4 Å². The third kappa shape index (κ3) is 6.01. The number of carbonyl (C=O) groups excluding carboxylic acids is 3. The first kappa shape index (κ1) is 23.9. The molecule has 178 valence electrons. The number of anilines is 1. The van der Waals surface area contributed by atoms with Crippen LogP contribution >= 0.6 is 11.3 Å². The molecule has 1 N–H and O–H groups in total. The lowest BCUT2D eigenvalue weighted by Crippen LogP contribution is -2.22. The summed E-state index contributed by atoms with van der Waals surface area (Å²) in [5, 5.41) is 9.17. The number of esters is 1. The van der Waals surface area contributed by atoms with Crippen molar-refractivity contribution in [1.82, 2.24) is 14.7 Å². The average Bonchev–Trinajstić information content (AvgIpc) is 3.53. The number of thiophene rings is 1. The van der Waals surface area contributed by atoms with E-state index in [0.29, 0.717) is 29.1 Å². The van der Waals surface area contributed by atoms with Crippen molar-refractivity contribution in [3.05, 3.63) is 95.0 Å². The van der Waals surface area contributed by atoms with Crippen LogP contribution in [0, 0.1) is 0 Å². The molecule has 0 radical (unpaired) electrons. The Kier molecular flexibility index (Phi) is 7.37. The summed E-state index contributed by atoms with van der Waals surface area (Å²) in [4.78, 5) is 39.5. The van der Waals surface area contributed by atoms with Gasteiger partial charge in [0.15, 0.2) is 6.61 Å². The third-order valence-corrected chi connectivity index (χ3v) is 5.96. The van der Waals surface area contributed by atoms with Crippen LogP contribution in [0.15, 0.2) is 78.3 Å². The number of nitrogens with zero attached hydrogens (tertiary/aromatic N) is 3. The number of hydrogen-bond donors (Lipinski definition) is 1. The summed E-state index contributed by atoms with van der Waals surface area (Å²) >= 11 is 1.47. The quantitative estimate of drug-likeness (QED) is 0.376. The summed E-state index contributed by atoms with van der Waals surface area (Å²) in [5.74, 6) is -1.25. The van der Waals surface area contributed by atoms with Gasteiger partial charge >= 0.3 is 5.97 Å². The number of rotatable bonds is 8. The molecule has 2 aromatic carbocycles. The highest BCUT2D eigenvalue weighted by Gasteiger charge is 2.21. The molecule has 8 nitrogen and oxygen atoms in total. The maximum atomic E-state index is 12.9. The topological polar surface area (TPSA) is 93.5 Å². The van der Waals surface area contributed by atoms with Gasteiger partial charge < -0.3 is 15.0 Å². The van der Waals surface area contributed by atoms with E-state index >= 15 is 0 Å². The van der Waals surface area contributed by atoms with Gasteiger partial charge in [0.2, 0.25) is 0 Å². The van der Waals surface area contributed by atoms with Gasteiger partial charge in [0.05, 0.1) is 11.4 Å². The molecule has 4 rings (SSSR count). The van der Waals surface area contributed by atoms with E-state index in [9.17, 15) is 14.4 Å². The van der Waals surface area contributed by atoms with Gasteiger partial charge in [0.25, 0.3) is 11.8 Å². The van der Waals surface area contributed by atoms with Gasteiger partial charge in [-0.15, -0.1) is 11.3 Å². The van der Waals surface area contributed by atoms with Gasteiger partial charge in [-0.2, -0.15) is 5.10 Å². The number of ether oxygens (including phenoxy) is 1. The van der Waals surface area contributed by atoms with Gasteiger partial charge in [-0.3, -0.25) is 14.3 Å². The summed E-state index contributed by atoms with van der Waals surface area (Å²) in [5.41, 5.74) is 2.86. The van der Waals surface area contributed by atoms with Crippen LogP contribution in [0.1, 0.15) is 26.3 Å². The molecule has 2 aromatic heterocycles. The summed E-state index contributed by atoms with van der Waals surface area (Å²) in [6.07, 6.45) is 1.64. The molecule has 0 unspecified atom stereocenters. The van der Waals surface area contributed by atoms with E-state index in [-0.39, 0.29) is 5.91 Å². The number of hydrogen-bond acceptors (Lipinski definition) is 6. The molecule has 0 spiro atoms. The summed E-state index contributed by atoms with van der Waals surface area (Å²) in [6.45, 7) is 0.0459. The molecule has 0 saturated carbocycles. The van der Waals surface area contributed by atoms with Crippen LogP contribution in [0.25, 0.3) is 10.6 Å². The Morgan fingerprint density at radius 2 is 1.74 bits per heavy atom. The van der Waals surface area contributed by atoms with E-state index in [0.717, 1.165) is 10.4 Å². The zero-order valence-corrected chi connectivity index (χ0v) is 20.1. The van der Waals surface area contributed by atoms with Gasteiger partial charge in [-0.05, 0) is 41.3 Å². The smallest absolute Gasteiger partial charge is 0.342 e. The van der Waals surface area contributed by atoms with Crippen LogP contribution in [-0.4, -0.2) is 53.2 Å². The molecule has 0 aliphatic rings. The van der Waals surface area contributed by atoms with E-state index in [4.69, 9.17) is 4.74 Å². The van der Waals surface area contributed by atoms with Crippen LogP contribution in [-0.2, 0) is 16.1 Å². The van der Waals surface area contributed by atoms with Crippen LogP contribution in [0.3, 0.4) is 0 Å². The van der Waals surface area contributed by atoms with Crippen molar-refractivity contribution in [2.75, 3.05) is 26.0 Å². The molecule has 9 heteroatoms. The minimum atomic E-state index is -0.630. The monoisotopic (exact) mass is 488 g/mol. The first-order chi connectivity index (χ1) is 16.9. The highest BCUT2D eigenvalue weighted by Crippen LogP contribution is 2.27. The molecule has 2 amide bonds. The second-order valence-corrected chi connectivity index (χ2v) is 8.90. The Bertz CT molecular complexity index is 1310. The molecule has 0 bridgehead atoms. The Hall–Kier alpha value is -4.24. The van der Waals surface area contributed by atoms with Crippen LogP contribution < -0.4 is 5.32 Å². The van der Waals surface area contributed by atoms with Crippen LogP contribution in [0.2, 0.25) is 0 Å². The Balaban J connectivity index is 1.41. The molecule has 0 aliphatic heterocycles. The highest BCUT2D eigenvalue weighted by atomic mass is 32.1. The number of nitrogens with one attached hydrogen (secondary N) is 1. The molecule has 0 aliphatic carbocycles. The summed E-state index contributed by atoms with van der Waals surface area (Å²) < 4.78 is 6.99. The third-order valence-electron chi connectivity index (χ3n) is 5.08. The van der Waals surface area contributed by atoms with Gasteiger partial charge in [-0.25, -0.2) is 4.79 Å². The lowest BCUT2D eigenvalue weighted by Gasteiger charge is -2.11. The SMILES string of the molecule is CN(C)C(=O)c1ccc(NC(=O)COC(=O)c2cn(Cc3ccccc3)nc2-c2cccs2)cc1. The Morgan fingerprint density at radius 3 is 2.40 bits per heavy atom. The van der Waals surface area contributed by atoms with Crippen molar-refractivity contribution in [1.29, 1.82) is 0 Å². The molecule has 4 aromatic rings. The standard InChI is InChI=1S/C26H24N4O4S/c1-29(2)25(32)19-10-12-20(13-11-19)27-23(31)17-34-26(33)21-16-30(15-18-7-4-3-5-8-18)28-24(21)22-9-6-14-35-22/h3-14,16H,15,17H2,1-2H3,(H,27,31). The minimum absolute atomic E-state index is 0.133. The van der Waals surface area contributed by atoms with E-state index < -0.39 is 18.5 Å². The fourth-order valence-corrected chi connectivity index (χ4v) is 4.10. The second-order valence-electron chi connectivity index (χ2n) is 7.95. The molecule has 2 heterocycles. The van der Waals surface area contributed by atoms with Crippen molar-refractivity contribution in [2.45, 2.75) is 6.54 Å². The fraction of sp³-hybridized carbons (Fsp3) is 0.154. The average molecular weight is 489 g/mol. The summed E-state index contributed by atoms with van der Waals surface area (Å²) in [6, 6.07) is 20.1. The molecule has 35 heavy (non-hydrogen) atoms. The summed E-state index contributed by atoms with van der Waals surface area (Å²) in [7, 11) is 3.34.